The topological polar surface area (TPSA) is 41.4 Å². The van der Waals surface area contributed by atoms with Crippen LogP contribution in [-0.4, -0.2) is 57.2 Å². The molecular formula is C19H32N4O. The van der Waals surface area contributed by atoms with Crippen molar-refractivity contribution in [3.8, 4) is 0 Å². The fourth-order valence-electron chi connectivity index (χ4n) is 4.73. The molecule has 0 bridgehead atoms. The molecule has 1 aromatic rings. The highest BCUT2D eigenvalue weighted by molar-refractivity contribution is 5.77. The number of nitrogens with zero attached hydrogens (tertiary/aromatic N) is 4. The third-order valence-corrected chi connectivity index (χ3v) is 5.82. The minimum atomic E-state index is 0.123. The van der Waals surface area contributed by atoms with Gasteiger partial charge in [0.25, 0.3) is 0 Å². The molecule has 0 saturated carbocycles. The predicted molar refractivity (Wildman–Crippen MR) is 96.0 cm³/mol. The van der Waals surface area contributed by atoms with Crippen molar-refractivity contribution in [2.75, 3.05) is 19.6 Å². The molecule has 2 aliphatic rings. The first-order valence-corrected chi connectivity index (χ1v) is 9.57. The van der Waals surface area contributed by atoms with E-state index in [1.165, 1.54) is 25.8 Å². The maximum Gasteiger partial charge on any atom is 0.225 e. The lowest BCUT2D eigenvalue weighted by atomic mass is 10.0. The number of hydrogen-bond acceptors (Lipinski definition) is 3. The van der Waals surface area contributed by atoms with Crippen LogP contribution in [0.3, 0.4) is 0 Å². The van der Waals surface area contributed by atoms with Crippen LogP contribution in [0.1, 0.15) is 63.4 Å². The molecule has 2 saturated heterocycles. The van der Waals surface area contributed by atoms with Gasteiger partial charge in [0.1, 0.15) is 0 Å². The van der Waals surface area contributed by atoms with E-state index in [-0.39, 0.29) is 6.04 Å². The van der Waals surface area contributed by atoms with E-state index in [1.54, 1.807) is 0 Å². The van der Waals surface area contributed by atoms with Crippen molar-refractivity contribution in [2.45, 2.75) is 77.9 Å². The molecule has 3 heterocycles. The summed E-state index contributed by atoms with van der Waals surface area (Å²) in [5.74, 6) is 0.306. The summed E-state index contributed by atoms with van der Waals surface area (Å²) in [6, 6.07) is 3.20. The van der Waals surface area contributed by atoms with E-state index in [2.05, 4.69) is 41.7 Å². The number of amides is 1. The fraction of sp³-hybridized carbons (Fsp3) is 0.789. The van der Waals surface area contributed by atoms with Gasteiger partial charge in [-0.15, -0.1) is 0 Å². The van der Waals surface area contributed by atoms with E-state index < -0.39 is 0 Å². The zero-order valence-electron chi connectivity index (χ0n) is 15.7. The summed E-state index contributed by atoms with van der Waals surface area (Å²) >= 11 is 0. The second kappa shape index (κ2) is 7.26. The number of aryl methyl sites for hydroxylation is 2. The summed E-state index contributed by atoms with van der Waals surface area (Å²) in [6.07, 6.45) is 5.39. The maximum atomic E-state index is 13.0. The highest BCUT2D eigenvalue weighted by Crippen LogP contribution is 2.31. The van der Waals surface area contributed by atoms with Crippen molar-refractivity contribution < 1.29 is 4.79 Å². The molecule has 0 aromatic carbocycles. The molecule has 3 rings (SSSR count). The van der Waals surface area contributed by atoms with Crippen LogP contribution in [0.2, 0.25) is 0 Å². The number of carbonyl (C=O) groups excluding carboxylic acids is 1. The molecule has 0 spiro atoms. The zero-order chi connectivity index (χ0) is 17.3. The van der Waals surface area contributed by atoms with Crippen molar-refractivity contribution in [3.05, 3.63) is 17.5 Å². The number of carbonyl (C=O) groups is 1. The Morgan fingerprint density at radius 1 is 1.25 bits per heavy atom. The van der Waals surface area contributed by atoms with Gasteiger partial charge in [-0.05, 0) is 65.6 Å². The van der Waals surface area contributed by atoms with Crippen LogP contribution in [0.15, 0.2) is 6.07 Å². The van der Waals surface area contributed by atoms with Crippen molar-refractivity contribution in [3.63, 3.8) is 0 Å². The normalized spacial score (nSPS) is 26.2. The van der Waals surface area contributed by atoms with Crippen LogP contribution in [-0.2, 0) is 4.79 Å². The molecule has 0 radical (unpaired) electrons. The van der Waals surface area contributed by atoms with E-state index in [1.807, 2.05) is 11.6 Å². The van der Waals surface area contributed by atoms with Crippen LogP contribution in [0, 0.1) is 13.8 Å². The molecular weight excluding hydrogens is 300 g/mol. The van der Waals surface area contributed by atoms with Gasteiger partial charge in [-0.3, -0.25) is 14.4 Å². The minimum Gasteiger partial charge on any atom is -0.338 e. The number of aromatic nitrogens is 2. The lowest BCUT2D eigenvalue weighted by Gasteiger charge is -2.35. The summed E-state index contributed by atoms with van der Waals surface area (Å²) in [7, 11) is 0. The highest BCUT2D eigenvalue weighted by Gasteiger charge is 2.39. The van der Waals surface area contributed by atoms with Gasteiger partial charge < -0.3 is 4.90 Å². The van der Waals surface area contributed by atoms with Crippen LogP contribution in [0.4, 0.5) is 0 Å². The van der Waals surface area contributed by atoms with E-state index >= 15 is 0 Å². The van der Waals surface area contributed by atoms with Gasteiger partial charge in [-0.1, -0.05) is 6.92 Å². The van der Waals surface area contributed by atoms with Crippen molar-refractivity contribution >= 4 is 5.91 Å². The second-order valence-corrected chi connectivity index (χ2v) is 7.56. The Hall–Kier alpha value is -1.36. The molecule has 5 nitrogen and oxygen atoms in total. The van der Waals surface area contributed by atoms with Gasteiger partial charge >= 0.3 is 0 Å². The number of likely N-dealkylation sites (N-methyl/N-ethyl adjacent to an activating group) is 1. The predicted octanol–water partition coefficient (Wildman–Crippen LogP) is 2.93. The Kier molecular flexibility index (Phi) is 5.28. The Morgan fingerprint density at radius 3 is 2.62 bits per heavy atom. The monoisotopic (exact) mass is 332 g/mol. The first kappa shape index (κ1) is 17.5. The number of hydrogen-bond donors (Lipinski definition) is 0. The summed E-state index contributed by atoms with van der Waals surface area (Å²) in [4.78, 5) is 17.7. The molecule has 2 aliphatic heterocycles. The van der Waals surface area contributed by atoms with E-state index in [9.17, 15) is 4.79 Å². The highest BCUT2D eigenvalue weighted by atomic mass is 16.2. The third kappa shape index (κ3) is 3.37. The second-order valence-electron chi connectivity index (χ2n) is 7.56. The Balaban J connectivity index is 1.66. The van der Waals surface area contributed by atoms with E-state index in [0.717, 1.165) is 30.9 Å². The largest absolute Gasteiger partial charge is 0.338 e. The molecule has 3 atom stereocenters. The molecule has 0 N–H and O–H groups in total. The average molecular weight is 332 g/mol. The number of rotatable bonds is 5. The van der Waals surface area contributed by atoms with Crippen LogP contribution < -0.4 is 0 Å². The Bertz CT molecular complexity index is 582. The first-order valence-electron chi connectivity index (χ1n) is 9.57. The van der Waals surface area contributed by atoms with Crippen LogP contribution in [0.5, 0.6) is 0 Å². The fourth-order valence-corrected chi connectivity index (χ4v) is 4.73. The summed E-state index contributed by atoms with van der Waals surface area (Å²) < 4.78 is 2.01. The Labute approximate surface area is 146 Å². The van der Waals surface area contributed by atoms with E-state index in [0.29, 0.717) is 24.4 Å². The van der Waals surface area contributed by atoms with Crippen LogP contribution >= 0.6 is 0 Å². The van der Waals surface area contributed by atoms with Gasteiger partial charge in [-0.25, -0.2) is 0 Å². The molecule has 0 unspecified atom stereocenters. The lowest BCUT2D eigenvalue weighted by molar-refractivity contribution is -0.133. The van der Waals surface area contributed by atoms with Gasteiger partial charge in [-0.2, -0.15) is 5.10 Å². The van der Waals surface area contributed by atoms with Crippen LogP contribution in [0.25, 0.3) is 0 Å². The van der Waals surface area contributed by atoms with Crippen molar-refractivity contribution in [1.29, 1.82) is 0 Å². The molecule has 5 heteroatoms. The molecule has 24 heavy (non-hydrogen) atoms. The average Bonchev–Trinajstić information content (AvgIpc) is 3.24. The first-order chi connectivity index (χ1) is 11.5. The molecule has 0 aliphatic carbocycles. The summed E-state index contributed by atoms with van der Waals surface area (Å²) in [6.45, 7) is 11.7. The quantitative estimate of drug-likeness (QED) is 0.832. The number of likely N-dealkylation sites (tertiary alicyclic amines) is 2. The van der Waals surface area contributed by atoms with Gasteiger partial charge in [0.15, 0.2) is 0 Å². The summed E-state index contributed by atoms with van der Waals surface area (Å²) in [5.41, 5.74) is 2.16. The minimum absolute atomic E-state index is 0.123. The lowest BCUT2D eigenvalue weighted by Crippen LogP contribution is -2.48. The molecule has 134 valence electrons. The van der Waals surface area contributed by atoms with E-state index in [4.69, 9.17) is 0 Å². The smallest absolute Gasteiger partial charge is 0.225 e. The van der Waals surface area contributed by atoms with Crippen molar-refractivity contribution in [1.82, 2.24) is 19.6 Å². The third-order valence-electron chi connectivity index (χ3n) is 5.82. The molecule has 1 amide bonds. The zero-order valence-corrected chi connectivity index (χ0v) is 15.7. The van der Waals surface area contributed by atoms with Gasteiger partial charge in [0.2, 0.25) is 5.91 Å². The van der Waals surface area contributed by atoms with Gasteiger partial charge in [0.05, 0.1) is 11.7 Å². The SMILES string of the molecule is CCN1CCC[C@@H]1[C@@H]1CCCN1C(=O)C[C@H](C)n1nc(C)cc1C. The Morgan fingerprint density at radius 2 is 1.96 bits per heavy atom. The standard InChI is InChI=1S/C19H32N4O/c1-5-21-10-6-8-17(21)18-9-7-11-22(18)19(24)13-16(4)23-15(3)12-14(2)20-23/h12,16-18H,5-11,13H2,1-4H3/t16-,17+,18-/m0/s1. The molecule has 2 fully saturated rings. The van der Waals surface area contributed by atoms with Gasteiger partial charge in [0, 0.05) is 30.7 Å². The van der Waals surface area contributed by atoms with Crippen molar-refractivity contribution in [2.24, 2.45) is 0 Å². The molecule has 1 aromatic heterocycles. The summed E-state index contributed by atoms with van der Waals surface area (Å²) in [5, 5.41) is 4.55. The maximum absolute atomic E-state index is 13.0.